The lowest BCUT2D eigenvalue weighted by Crippen LogP contribution is -2.25. The first kappa shape index (κ1) is 14.6. The Balaban J connectivity index is 2.62. The summed E-state index contributed by atoms with van der Waals surface area (Å²) in [5, 5.41) is 7.30. The predicted octanol–water partition coefficient (Wildman–Crippen LogP) is -0.158. The Bertz CT molecular complexity index is 528. The van der Waals surface area contributed by atoms with Crippen molar-refractivity contribution < 1.29 is 8.42 Å². The SMILES string of the molecule is CN(CCS(C)(=O)=O)Cc1ccnc(C(=N)N)c1. The van der Waals surface area contributed by atoms with Crippen molar-refractivity contribution >= 4 is 15.7 Å². The van der Waals surface area contributed by atoms with Crippen LogP contribution in [-0.2, 0) is 16.4 Å². The molecular formula is C11H18N4O2S. The summed E-state index contributed by atoms with van der Waals surface area (Å²) >= 11 is 0. The maximum absolute atomic E-state index is 11.1. The summed E-state index contributed by atoms with van der Waals surface area (Å²) in [5.41, 5.74) is 6.74. The van der Waals surface area contributed by atoms with Crippen LogP contribution < -0.4 is 5.73 Å². The molecule has 0 amide bonds. The van der Waals surface area contributed by atoms with Crippen molar-refractivity contribution in [3.05, 3.63) is 29.6 Å². The van der Waals surface area contributed by atoms with E-state index in [0.29, 0.717) is 18.8 Å². The minimum absolute atomic E-state index is 0.0735. The van der Waals surface area contributed by atoms with E-state index in [1.165, 1.54) is 6.26 Å². The van der Waals surface area contributed by atoms with Crippen LogP contribution in [0.5, 0.6) is 0 Å². The minimum Gasteiger partial charge on any atom is -0.382 e. The molecule has 0 saturated heterocycles. The van der Waals surface area contributed by atoms with Gasteiger partial charge in [-0.3, -0.25) is 10.4 Å². The van der Waals surface area contributed by atoms with E-state index in [4.69, 9.17) is 11.1 Å². The molecule has 0 bridgehead atoms. The van der Waals surface area contributed by atoms with Gasteiger partial charge in [-0.15, -0.1) is 0 Å². The molecule has 0 aromatic carbocycles. The van der Waals surface area contributed by atoms with Crippen LogP contribution in [0.25, 0.3) is 0 Å². The highest BCUT2D eigenvalue weighted by Gasteiger charge is 2.07. The van der Waals surface area contributed by atoms with Crippen LogP contribution in [0.3, 0.4) is 0 Å². The molecule has 0 atom stereocenters. The number of aromatic nitrogens is 1. The summed E-state index contributed by atoms with van der Waals surface area (Å²) in [4.78, 5) is 5.87. The lowest BCUT2D eigenvalue weighted by Gasteiger charge is -2.16. The molecule has 7 heteroatoms. The smallest absolute Gasteiger partial charge is 0.148 e. The Hall–Kier alpha value is -1.47. The summed E-state index contributed by atoms with van der Waals surface area (Å²) < 4.78 is 22.1. The number of rotatable bonds is 6. The Morgan fingerprint density at radius 2 is 2.22 bits per heavy atom. The summed E-state index contributed by atoms with van der Waals surface area (Å²) in [5.74, 6) is 0.0596. The standard InChI is InChI=1S/C11H18N4O2S/c1-15(5-6-18(2,16)17)8-9-3-4-14-10(7-9)11(12)13/h3-4,7H,5-6,8H2,1-2H3,(H3,12,13). The van der Waals surface area contributed by atoms with E-state index in [2.05, 4.69) is 4.98 Å². The fourth-order valence-electron chi connectivity index (χ4n) is 1.43. The Morgan fingerprint density at radius 1 is 1.56 bits per heavy atom. The number of nitrogen functional groups attached to an aromatic ring is 1. The van der Waals surface area contributed by atoms with E-state index >= 15 is 0 Å². The zero-order valence-corrected chi connectivity index (χ0v) is 11.4. The van der Waals surface area contributed by atoms with E-state index in [-0.39, 0.29) is 11.6 Å². The van der Waals surface area contributed by atoms with Crippen molar-refractivity contribution in [1.82, 2.24) is 9.88 Å². The molecule has 0 spiro atoms. The molecular weight excluding hydrogens is 252 g/mol. The molecule has 1 heterocycles. The van der Waals surface area contributed by atoms with E-state index < -0.39 is 9.84 Å². The number of hydrogen-bond donors (Lipinski definition) is 2. The maximum atomic E-state index is 11.1. The molecule has 0 unspecified atom stereocenters. The van der Waals surface area contributed by atoms with Crippen LogP contribution in [0.4, 0.5) is 0 Å². The van der Waals surface area contributed by atoms with E-state index in [1.54, 1.807) is 12.3 Å². The van der Waals surface area contributed by atoms with E-state index in [1.807, 2.05) is 18.0 Å². The third-order valence-electron chi connectivity index (χ3n) is 2.40. The van der Waals surface area contributed by atoms with Crippen LogP contribution in [0.15, 0.2) is 18.3 Å². The minimum atomic E-state index is -2.94. The van der Waals surface area contributed by atoms with Gasteiger partial charge >= 0.3 is 0 Å². The largest absolute Gasteiger partial charge is 0.382 e. The highest BCUT2D eigenvalue weighted by atomic mass is 32.2. The van der Waals surface area contributed by atoms with Crippen molar-refractivity contribution in [2.24, 2.45) is 5.73 Å². The number of sulfone groups is 1. The zero-order chi connectivity index (χ0) is 13.8. The molecule has 0 fully saturated rings. The monoisotopic (exact) mass is 270 g/mol. The van der Waals surface area contributed by atoms with Gasteiger partial charge in [0.05, 0.1) is 5.75 Å². The van der Waals surface area contributed by atoms with Gasteiger partial charge < -0.3 is 10.6 Å². The molecule has 1 aromatic heterocycles. The second kappa shape index (κ2) is 5.92. The van der Waals surface area contributed by atoms with Crippen molar-refractivity contribution in [2.45, 2.75) is 6.54 Å². The zero-order valence-electron chi connectivity index (χ0n) is 10.5. The highest BCUT2D eigenvalue weighted by Crippen LogP contribution is 2.04. The molecule has 1 rings (SSSR count). The molecule has 18 heavy (non-hydrogen) atoms. The fraction of sp³-hybridized carbons (Fsp3) is 0.455. The van der Waals surface area contributed by atoms with Gasteiger partial charge in [0.25, 0.3) is 0 Å². The predicted molar refractivity (Wildman–Crippen MR) is 71.3 cm³/mol. The van der Waals surface area contributed by atoms with Gasteiger partial charge in [0.15, 0.2) is 0 Å². The van der Waals surface area contributed by atoms with E-state index in [0.717, 1.165) is 5.56 Å². The summed E-state index contributed by atoms with van der Waals surface area (Å²) in [6.45, 7) is 1.06. The van der Waals surface area contributed by atoms with Crippen molar-refractivity contribution in [1.29, 1.82) is 5.41 Å². The normalized spacial score (nSPS) is 11.7. The molecule has 3 N–H and O–H groups in total. The first-order valence-electron chi connectivity index (χ1n) is 5.43. The Labute approximate surface area is 107 Å². The average molecular weight is 270 g/mol. The van der Waals surface area contributed by atoms with Gasteiger partial charge in [0.2, 0.25) is 0 Å². The quantitative estimate of drug-likeness (QED) is 0.553. The van der Waals surface area contributed by atoms with Gasteiger partial charge in [0, 0.05) is 25.5 Å². The van der Waals surface area contributed by atoms with Gasteiger partial charge in [-0.05, 0) is 24.7 Å². The van der Waals surface area contributed by atoms with Gasteiger partial charge in [-0.2, -0.15) is 0 Å². The van der Waals surface area contributed by atoms with Crippen LogP contribution in [0.2, 0.25) is 0 Å². The van der Waals surface area contributed by atoms with Crippen LogP contribution in [0, 0.1) is 5.41 Å². The summed E-state index contributed by atoms with van der Waals surface area (Å²) in [6.07, 6.45) is 2.82. The van der Waals surface area contributed by atoms with Crippen molar-refractivity contribution in [3.63, 3.8) is 0 Å². The molecule has 0 aliphatic rings. The molecule has 1 aromatic rings. The molecule has 6 nitrogen and oxygen atoms in total. The number of hydrogen-bond acceptors (Lipinski definition) is 5. The average Bonchev–Trinajstić information content (AvgIpc) is 2.26. The number of nitrogens with zero attached hydrogens (tertiary/aromatic N) is 2. The molecule has 100 valence electrons. The van der Waals surface area contributed by atoms with Crippen molar-refractivity contribution in [2.75, 3.05) is 25.6 Å². The van der Waals surface area contributed by atoms with Crippen LogP contribution >= 0.6 is 0 Å². The maximum Gasteiger partial charge on any atom is 0.148 e. The number of pyridine rings is 1. The third kappa shape index (κ3) is 5.24. The highest BCUT2D eigenvalue weighted by molar-refractivity contribution is 7.90. The first-order chi connectivity index (χ1) is 8.28. The third-order valence-corrected chi connectivity index (χ3v) is 3.32. The van der Waals surface area contributed by atoms with Crippen LogP contribution in [0.1, 0.15) is 11.3 Å². The van der Waals surface area contributed by atoms with Gasteiger partial charge in [-0.25, -0.2) is 8.42 Å². The summed E-state index contributed by atoms with van der Waals surface area (Å²) in [7, 11) is -1.09. The fourth-order valence-corrected chi connectivity index (χ4v) is 2.08. The van der Waals surface area contributed by atoms with Crippen LogP contribution in [-0.4, -0.2) is 49.7 Å². The number of amidine groups is 1. The second-order valence-corrected chi connectivity index (χ2v) is 6.59. The van der Waals surface area contributed by atoms with Crippen molar-refractivity contribution in [3.8, 4) is 0 Å². The van der Waals surface area contributed by atoms with E-state index in [9.17, 15) is 8.42 Å². The first-order valence-corrected chi connectivity index (χ1v) is 7.49. The van der Waals surface area contributed by atoms with Gasteiger partial charge in [-0.1, -0.05) is 0 Å². The topological polar surface area (TPSA) is 100 Å². The molecule has 0 aliphatic heterocycles. The Morgan fingerprint density at radius 3 is 2.78 bits per heavy atom. The molecule has 0 aliphatic carbocycles. The second-order valence-electron chi connectivity index (χ2n) is 4.33. The lowest BCUT2D eigenvalue weighted by atomic mass is 10.2. The molecule has 0 saturated carbocycles. The Kier molecular flexibility index (Phi) is 4.80. The number of nitrogens with one attached hydrogen (secondary N) is 1. The summed E-state index contributed by atoms with van der Waals surface area (Å²) in [6, 6.07) is 3.56. The number of nitrogens with two attached hydrogens (primary N) is 1. The van der Waals surface area contributed by atoms with Gasteiger partial charge in [0.1, 0.15) is 21.4 Å². The molecule has 0 radical (unpaired) electrons. The lowest BCUT2D eigenvalue weighted by molar-refractivity contribution is 0.346.